The number of aromatic nitrogens is 3. The molecule has 8 nitrogen and oxygen atoms in total. The molecule has 0 fully saturated rings. The van der Waals surface area contributed by atoms with Gasteiger partial charge in [0.1, 0.15) is 11.9 Å². The van der Waals surface area contributed by atoms with Crippen LogP contribution < -0.4 is 10.6 Å². The van der Waals surface area contributed by atoms with E-state index in [-0.39, 0.29) is 11.7 Å². The Morgan fingerprint density at radius 1 is 1.11 bits per heavy atom. The van der Waals surface area contributed by atoms with Gasteiger partial charge in [0.2, 0.25) is 5.91 Å². The van der Waals surface area contributed by atoms with Gasteiger partial charge in [0.15, 0.2) is 10.8 Å². The third-order valence-electron chi connectivity index (χ3n) is 6.06. The van der Waals surface area contributed by atoms with Gasteiger partial charge in [0, 0.05) is 23.4 Å². The molecular formula is C27H26N6O2S. The largest absolute Gasteiger partial charge is 0.370 e. The number of ether oxygens (including phenoxy) is 1. The quantitative estimate of drug-likeness (QED) is 0.351. The summed E-state index contributed by atoms with van der Waals surface area (Å²) < 4.78 is 7.89. The summed E-state index contributed by atoms with van der Waals surface area (Å²) in [5.41, 5.74) is 5.23. The first-order valence-electron chi connectivity index (χ1n) is 11.6. The first kappa shape index (κ1) is 23.9. The van der Waals surface area contributed by atoms with Gasteiger partial charge in [-0.05, 0) is 50.6 Å². The highest BCUT2D eigenvalue weighted by atomic mass is 32.2. The molecule has 2 aromatic carbocycles. The molecule has 0 bridgehead atoms. The summed E-state index contributed by atoms with van der Waals surface area (Å²) in [6, 6.07) is 19.7. The van der Waals surface area contributed by atoms with E-state index in [0.717, 1.165) is 28.1 Å². The predicted octanol–water partition coefficient (Wildman–Crippen LogP) is 5.24. The van der Waals surface area contributed by atoms with E-state index >= 15 is 0 Å². The van der Waals surface area contributed by atoms with Crippen molar-refractivity contribution in [1.82, 2.24) is 14.6 Å². The molecule has 182 valence electrons. The van der Waals surface area contributed by atoms with E-state index in [4.69, 9.17) is 4.74 Å². The summed E-state index contributed by atoms with van der Waals surface area (Å²) in [6.45, 7) is 6.37. The number of carbonyl (C=O) groups excluding carboxylic acids is 1. The van der Waals surface area contributed by atoms with E-state index in [1.165, 1.54) is 11.8 Å². The van der Waals surface area contributed by atoms with E-state index in [1.54, 1.807) is 0 Å². The fourth-order valence-electron chi connectivity index (χ4n) is 4.25. The van der Waals surface area contributed by atoms with E-state index in [2.05, 4.69) is 26.9 Å². The lowest BCUT2D eigenvalue weighted by atomic mass is 9.89. The van der Waals surface area contributed by atoms with Gasteiger partial charge < -0.3 is 15.4 Å². The zero-order valence-corrected chi connectivity index (χ0v) is 21.1. The summed E-state index contributed by atoms with van der Waals surface area (Å²) in [6.07, 6.45) is 0.583. The molecule has 1 aliphatic rings. The molecule has 1 amide bonds. The molecule has 0 atom stereocenters. The van der Waals surface area contributed by atoms with Gasteiger partial charge in [-0.15, -0.1) is 10.2 Å². The predicted molar refractivity (Wildman–Crippen MR) is 141 cm³/mol. The monoisotopic (exact) mass is 498 g/mol. The smallest absolute Gasteiger partial charge is 0.234 e. The van der Waals surface area contributed by atoms with Crippen molar-refractivity contribution in [2.24, 2.45) is 0 Å². The van der Waals surface area contributed by atoms with Crippen LogP contribution in [0.25, 0.3) is 5.65 Å². The van der Waals surface area contributed by atoms with Gasteiger partial charge in [-0.25, -0.2) is 0 Å². The van der Waals surface area contributed by atoms with E-state index in [0.29, 0.717) is 35.2 Å². The third-order valence-corrected chi connectivity index (χ3v) is 6.98. The Bertz CT molecular complexity index is 1470. The van der Waals surface area contributed by atoms with Crippen LogP contribution in [0.2, 0.25) is 0 Å². The van der Waals surface area contributed by atoms with Gasteiger partial charge in [-0.2, -0.15) is 5.26 Å². The van der Waals surface area contributed by atoms with Gasteiger partial charge in [0.25, 0.3) is 0 Å². The van der Waals surface area contributed by atoms with Crippen molar-refractivity contribution in [1.29, 1.82) is 5.26 Å². The summed E-state index contributed by atoms with van der Waals surface area (Å²) >= 11 is 1.27. The zero-order chi connectivity index (χ0) is 25.3. The second-order valence-electron chi connectivity index (χ2n) is 9.35. The molecule has 2 N–H and O–H groups in total. The van der Waals surface area contributed by atoms with Crippen LogP contribution in [0.3, 0.4) is 0 Å². The lowest BCUT2D eigenvalue weighted by Crippen LogP contribution is -2.33. The van der Waals surface area contributed by atoms with Crippen LogP contribution in [-0.2, 0) is 22.6 Å². The molecule has 9 heteroatoms. The molecule has 1 aliphatic heterocycles. The lowest BCUT2D eigenvalue weighted by molar-refractivity contribution is -0.113. The van der Waals surface area contributed by atoms with Crippen LogP contribution in [0.5, 0.6) is 0 Å². The SMILES string of the molecule is Cc1ccc(NC(=O)CSc2nnc3c4c(c(C#N)c(Nc5ccccc5)n23)CC(C)(C)OC4)cc1. The number of thioether (sulfide) groups is 1. The Morgan fingerprint density at radius 3 is 2.58 bits per heavy atom. The van der Waals surface area contributed by atoms with Crippen molar-refractivity contribution in [2.45, 2.75) is 44.6 Å². The molecule has 2 aromatic heterocycles. The van der Waals surface area contributed by atoms with Gasteiger partial charge >= 0.3 is 0 Å². The number of nitrogens with zero attached hydrogens (tertiary/aromatic N) is 4. The Balaban J connectivity index is 1.53. The van der Waals surface area contributed by atoms with Crippen molar-refractivity contribution in [3.05, 3.63) is 76.9 Å². The number of benzene rings is 2. The maximum absolute atomic E-state index is 12.7. The molecule has 0 unspecified atom stereocenters. The fourth-order valence-corrected chi connectivity index (χ4v) is 4.99. The highest BCUT2D eigenvalue weighted by molar-refractivity contribution is 7.99. The molecule has 0 aliphatic carbocycles. The Labute approximate surface area is 213 Å². The molecule has 5 rings (SSSR count). The van der Waals surface area contributed by atoms with Crippen molar-refractivity contribution in [3.8, 4) is 6.07 Å². The Hall–Kier alpha value is -3.87. The number of para-hydroxylation sites is 1. The maximum Gasteiger partial charge on any atom is 0.234 e. The molecular weight excluding hydrogens is 472 g/mol. The number of amides is 1. The van der Waals surface area contributed by atoms with Crippen LogP contribution in [0.1, 0.15) is 36.1 Å². The van der Waals surface area contributed by atoms with Crippen molar-refractivity contribution in [2.75, 3.05) is 16.4 Å². The molecule has 4 aromatic rings. The normalized spacial score (nSPS) is 14.2. The minimum atomic E-state index is -0.396. The minimum Gasteiger partial charge on any atom is -0.370 e. The van der Waals surface area contributed by atoms with Gasteiger partial charge in [0.05, 0.1) is 23.5 Å². The first-order valence-corrected chi connectivity index (χ1v) is 12.6. The minimum absolute atomic E-state index is 0.141. The second-order valence-corrected chi connectivity index (χ2v) is 10.3. The van der Waals surface area contributed by atoms with E-state index < -0.39 is 5.60 Å². The number of fused-ring (bicyclic) bond motifs is 3. The van der Waals surface area contributed by atoms with E-state index in [1.807, 2.05) is 79.8 Å². The Kier molecular flexibility index (Phi) is 6.39. The molecule has 0 radical (unpaired) electrons. The fraction of sp³-hybridized carbons (Fsp3) is 0.259. The van der Waals surface area contributed by atoms with Gasteiger partial charge in [-0.1, -0.05) is 47.7 Å². The number of carbonyl (C=O) groups is 1. The van der Waals surface area contributed by atoms with Crippen LogP contribution in [0.15, 0.2) is 59.8 Å². The number of hydrogen-bond donors (Lipinski definition) is 2. The van der Waals surface area contributed by atoms with Crippen LogP contribution in [0, 0.1) is 18.3 Å². The van der Waals surface area contributed by atoms with Crippen LogP contribution in [0.4, 0.5) is 17.2 Å². The molecule has 0 saturated carbocycles. The Morgan fingerprint density at radius 2 is 1.86 bits per heavy atom. The van der Waals surface area contributed by atoms with Crippen molar-refractivity contribution in [3.63, 3.8) is 0 Å². The number of hydrogen-bond acceptors (Lipinski definition) is 7. The third kappa shape index (κ3) is 4.78. The molecule has 0 saturated heterocycles. The summed E-state index contributed by atoms with van der Waals surface area (Å²) in [7, 11) is 0. The van der Waals surface area contributed by atoms with E-state index in [9.17, 15) is 10.1 Å². The van der Waals surface area contributed by atoms with Crippen LogP contribution >= 0.6 is 11.8 Å². The summed E-state index contributed by atoms with van der Waals surface area (Å²) in [4.78, 5) is 12.7. The lowest BCUT2D eigenvalue weighted by Gasteiger charge is -2.33. The van der Waals surface area contributed by atoms with Gasteiger partial charge in [-0.3, -0.25) is 9.20 Å². The number of aryl methyl sites for hydroxylation is 1. The average Bonchev–Trinajstić information content (AvgIpc) is 3.28. The number of nitriles is 1. The molecule has 3 heterocycles. The zero-order valence-electron chi connectivity index (χ0n) is 20.3. The maximum atomic E-state index is 12.7. The highest BCUT2D eigenvalue weighted by Gasteiger charge is 2.33. The van der Waals surface area contributed by atoms with Crippen LogP contribution in [-0.4, -0.2) is 31.9 Å². The number of nitrogens with one attached hydrogen (secondary N) is 2. The molecule has 36 heavy (non-hydrogen) atoms. The second kappa shape index (κ2) is 9.64. The van der Waals surface area contributed by atoms with Crippen molar-refractivity contribution < 1.29 is 9.53 Å². The number of pyridine rings is 1. The first-order chi connectivity index (χ1) is 17.3. The average molecular weight is 499 g/mol. The topological polar surface area (TPSA) is 104 Å². The van der Waals surface area contributed by atoms with Crippen molar-refractivity contribution >= 4 is 40.5 Å². The number of anilines is 3. The molecule has 0 spiro atoms. The standard InChI is InChI=1S/C27H26N6O2S/c1-17-9-11-19(12-10-17)29-23(34)16-36-26-32-31-25-22-15-35-27(2,3)13-20(22)21(14-28)24(33(25)26)30-18-7-5-4-6-8-18/h4-12,30H,13,15-16H2,1-3H3,(H,29,34). The summed E-state index contributed by atoms with van der Waals surface area (Å²) in [5.74, 6) is 0.574. The highest BCUT2D eigenvalue weighted by Crippen LogP contribution is 2.38. The summed E-state index contributed by atoms with van der Waals surface area (Å²) in [5, 5.41) is 26.0. The number of rotatable bonds is 6.